The van der Waals surface area contributed by atoms with E-state index in [9.17, 15) is 9.59 Å². The van der Waals surface area contributed by atoms with Crippen molar-refractivity contribution in [3.63, 3.8) is 0 Å². The quantitative estimate of drug-likeness (QED) is 0.832. The molecule has 1 unspecified atom stereocenters. The molecule has 1 saturated heterocycles. The minimum absolute atomic E-state index is 0.117. The fraction of sp³-hybridized carbons (Fsp3) is 0.350. The summed E-state index contributed by atoms with van der Waals surface area (Å²) in [5.41, 5.74) is 1.83. The summed E-state index contributed by atoms with van der Waals surface area (Å²) >= 11 is 1.44. The number of para-hydroxylation sites is 1. The summed E-state index contributed by atoms with van der Waals surface area (Å²) in [7, 11) is 0. The molecule has 2 N–H and O–H groups in total. The van der Waals surface area contributed by atoms with Crippen LogP contribution in [0.1, 0.15) is 24.8 Å². The molecule has 0 aliphatic carbocycles. The van der Waals surface area contributed by atoms with Crippen molar-refractivity contribution >= 4 is 35.1 Å². The molecule has 1 aromatic heterocycles. The van der Waals surface area contributed by atoms with E-state index in [1.165, 1.54) is 24.6 Å². The van der Waals surface area contributed by atoms with Crippen molar-refractivity contribution < 1.29 is 9.59 Å². The molecule has 2 aliphatic rings. The number of aromatic nitrogens is 1. The van der Waals surface area contributed by atoms with E-state index in [1.54, 1.807) is 6.20 Å². The molecule has 3 heterocycles. The first-order chi connectivity index (χ1) is 13.2. The molecule has 2 amide bonds. The molecule has 7 heteroatoms. The Hall–Kier alpha value is -2.54. The van der Waals surface area contributed by atoms with Gasteiger partial charge in [0, 0.05) is 37.1 Å². The maximum Gasteiger partial charge on any atom is 0.238 e. The molecule has 2 aliphatic heterocycles. The number of fused-ring (bicyclic) bond motifs is 1. The van der Waals surface area contributed by atoms with Crippen LogP contribution in [0.3, 0.4) is 0 Å². The van der Waals surface area contributed by atoms with Crippen molar-refractivity contribution in [3.05, 3.63) is 48.2 Å². The highest BCUT2D eigenvalue weighted by Crippen LogP contribution is 2.36. The van der Waals surface area contributed by atoms with Crippen LogP contribution >= 0.6 is 11.8 Å². The average molecular weight is 382 g/mol. The number of carbonyl (C=O) groups excluding carboxylic acids is 2. The maximum absolute atomic E-state index is 12.4. The Morgan fingerprint density at radius 2 is 2.07 bits per heavy atom. The smallest absolute Gasteiger partial charge is 0.238 e. The molecule has 0 bridgehead atoms. The first kappa shape index (κ1) is 17.9. The molecule has 6 nitrogen and oxygen atoms in total. The van der Waals surface area contributed by atoms with Crippen molar-refractivity contribution in [2.45, 2.75) is 36.0 Å². The summed E-state index contributed by atoms with van der Waals surface area (Å²) in [5.74, 6) is 0.730. The third-order valence-corrected chi connectivity index (χ3v) is 6.08. The molecule has 0 radical (unpaired) electrons. The lowest BCUT2D eigenvalue weighted by atomic mass is 10.2. The van der Waals surface area contributed by atoms with Crippen LogP contribution in [0.15, 0.2) is 47.5 Å². The number of pyridine rings is 1. The Kier molecular flexibility index (Phi) is 5.29. The van der Waals surface area contributed by atoms with Crippen molar-refractivity contribution in [2.24, 2.45) is 0 Å². The first-order valence-corrected chi connectivity index (χ1v) is 10.1. The zero-order chi connectivity index (χ0) is 18.6. The van der Waals surface area contributed by atoms with Gasteiger partial charge in [0.15, 0.2) is 0 Å². The van der Waals surface area contributed by atoms with Crippen LogP contribution in [0.4, 0.5) is 11.5 Å². The predicted molar refractivity (Wildman–Crippen MR) is 107 cm³/mol. The Morgan fingerprint density at radius 1 is 1.26 bits per heavy atom. The third kappa shape index (κ3) is 4.24. The lowest BCUT2D eigenvalue weighted by Gasteiger charge is -2.23. The zero-order valence-corrected chi connectivity index (χ0v) is 15.8. The van der Waals surface area contributed by atoms with E-state index >= 15 is 0 Å². The second-order valence-corrected chi connectivity index (χ2v) is 8.03. The van der Waals surface area contributed by atoms with E-state index in [2.05, 4.69) is 20.5 Å². The molecule has 1 atom stereocenters. The largest absolute Gasteiger partial charge is 0.357 e. The minimum Gasteiger partial charge on any atom is -0.357 e. The third-order valence-electron chi connectivity index (χ3n) is 4.81. The number of amides is 2. The molecular weight excluding hydrogens is 360 g/mol. The molecule has 4 rings (SSSR count). The van der Waals surface area contributed by atoms with Crippen LogP contribution in [-0.4, -0.2) is 35.1 Å². The van der Waals surface area contributed by atoms with Gasteiger partial charge in [0.1, 0.15) is 5.82 Å². The fourth-order valence-electron chi connectivity index (χ4n) is 3.36. The Labute approximate surface area is 162 Å². The standard InChI is InChI=1S/C20H22N4O2S/c25-19(12-17-20(26)23-15-5-1-2-6-16(15)27-17)22-13-14-7-8-21-18(11-14)24-9-3-4-10-24/h1-2,5-8,11,17H,3-4,9-10,12-13H2,(H,22,25)(H,23,26). The van der Waals surface area contributed by atoms with Gasteiger partial charge in [0.25, 0.3) is 0 Å². The summed E-state index contributed by atoms with van der Waals surface area (Å²) in [6.07, 6.45) is 4.35. The van der Waals surface area contributed by atoms with Crippen LogP contribution in [0.25, 0.3) is 0 Å². The maximum atomic E-state index is 12.4. The van der Waals surface area contributed by atoms with Crippen LogP contribution in [0.2, 0.25) is 0 Å². The second-order valence-electron chi connectivity index (χ2n) is 6.79. The second kappa shape index (κ2) is 8.00. The van der Waals surface area contributed by atoms with Crippen LogP contribution in [0, 0.1) is 0 Å². The molecule has 0 spiro atoms. The van der Waals surface area contributed by atoms with Crippen molar-refractivity contribution in [1.82, 2.24) is 10.3 Å². The molecule has 27 heavy (non-hydrogen) atoms. The summed E-state index contributed by atoms with van der Waals surface area (Å²) in [6, 6.07) is 11.6. The molecule has 2 aromatic rings. The van der Waals surface area contributed by atoms with E-state index in [-0.39, 0.29) is 18.2 Å². The van der Waals surface area contributed by atoms with Crippen molar-refractivity contribution in [3.8, 4) is 0 Å². The van der Waals surface area contributed by atoms with Crippen molar-refractivity contribution in [1.29, 1.82) is 0 Å². The van der Waals surface area contributed by atoms with Gasteiger partial charge in [-0.3, -0.25) is 9.59 Å². The minimum atomic E-state index is -0.405. The molecule has 1 aromatic carbocycles. The van der Waals surface area contributed by atoms with Crippen LogP contribution in [0.5, 0.6) is 0 Å². The van der Waals surface area contributed by atoms with Gasteiger partial charge in [-0.2, -0.15) is 0 Å². The van der Waals surface area contributed by atoms with Gasteiger partial charge in [-0.05, 0) is 42.7 Å². The summed E-state index contributed by atoms with van der Waals surface area (Å²) < 4.78 is 0. The fourth-order valence-corrected chi connectivity index (χ4v) is 4.47. The number of thioether (sulfide) groups is 1. The number of carbonyl (C=O) groups is 2. The van der Waals surface area contributed by atoms with Gasteiger partial charge >= 0.3 is 0 Å². The van der Waals surface area contributed by atoms with E-state index in [0.29, 0.717) is 6.54 Å². The molecule has 1 fully saturated rings. The zero-order valence-electron chi connectivity index (χ0n) is 15.0. The number of rotatable bonds is 5. The van der Waals surface area contributed by atoms with E-state index in [4.69, 9.17) is 0 Å². The Balaban J connectivity index is 1.32. The van der Waals surface area contributed by atoms with Gasteiger partial charge in [-0.15, -0.1) is 11.8 Å². The first-order valence-electron chi connectivity index (χ1n) is 9.22. The number of nitrogens with one attached hydrogen (secondary N) is 2. The summed E-state index contributed by atoms with van der Waals surface area (Å²) in [6.45, 7) is 2.52. The Bertz CT molecular complexity index is 851. The van der Waals surface area contributed by atoms with E-state index in [1.807, 2.05) is 36.4 Å². The lowest BCUT2D eigenvalue weighted by molar-refractivity contribution is -0.124. The Morgan fingerprint density at radius 3 is 2.93 bits per heavy atom. The SMILES string of the molecule is O=C(CC1Sc2ccccc2NC1=O)NCc1ccnc(N2CCCC2)c1. The monoisotopic (exact) mass is 382 g/mol. The number of anilines is 2. The lowest BCUT2D eigenvalue weighted by Crippen LogP contribution is -2.34. The molecule has 0 saturated carbocycles. The van der Waals surface area contributed by atoms with E-state index < -0.39 is 5.25 Å². The average Bonchev–Trinajstić information content (AvgIpc) is 3.22. The number of hydrogen-bond donors (Lipinski definition) is 2. The predicted octanol–water partition coefficient (Wildman–Crippen LogP) is 2.80. The van der Waals surface area contributed by atoms with Gasteiger partial charge < -0.3 is 15.5 Å². The van der Waals surface area contributed by atoms with Gasteiger partial charge in [0.2, 0.25) is 11.8 Å². The number of hydrogen-bond acceptors (Lipinski definition) is 5. The molecular formula is C20H22N4O2S. The highest BCUT2D eigenvalue weighted by Gasteiger charge is 2.28. The van der Waals surface area contributed by atoms with Crippen LogP contribution in [-0.2, 0) is 16.1 Å². The van der Waals surface area contributed by atoms with Gasteiger partial charge in [0.05, 0.1) is 10.9 Å². The normalized spacial score (nSPS) is 18.7. The van der Waals surface area contributed by atoms with Gasteiger partial charge in [-0.25, -0.2) is 4.98 Å². The van der Waals surface area contributed by atoms with Crippen LogP contribution < -0.4 is 15.5 Å². The van der Waals surface area contributed by atoms with Crippen molar-refractivity contribution in [2.75, 3.05) is 23.3 Å². The molecule has 140 valence electrons. The summed E-state index contributed by atoms with van der Waals surface area (Å²) in [4.78, 5) is 32.3. The van der Waals surface area contributed by atoms with E-state index in [0.717, 1.165) is 35.1 Å². The topological polar surface area (TPSA) is 74.3 Å². The highest BCUT2D eigenvalue weighted by molar-refractivity contribution is 8.01. The number of nitrogens with zero attached hydrogens (tertiary/aromatic N) is 2. The summed E-state index contributed by atoms with van der Waals surface area (Å²) in [5, 5.41) is 5.40. The number of benzene rings is 1. The van der Waals surface area contributed by atoms with Gasteiger partial charge in [-0.1, -0.05) is 12.1 Å². The highest BCUT2D eigenvalue weighted by atomic mass is 32.2.